The maximum atomic E-state index is 6.31. The van der Waals surface area contributed by atoms with Crippen molar-refractivity contribution in [2.24, 2.45) is 7.05 Å². The van der Waals surface area contributed by atoms with Gasteiger partial charge in [-0.2, -0.15) is 0 Å². The molecule has 0 bridgehead atoms. The summed E-state index contributed by atoms with van der Waals surface area (Å²) in [6.45, 7) is 4.08. The van der Waals surface area contributed by atoms with Crippen LogP contribution in [-0.4, -0.2) is 28.7 Å². The number of anilines is 1. The number of aryl methyl sites for hydroxylation is 2. The highest BCUT2D eigenvalue weighted by atomic mass is 32.1. The van der Waals surface area contributed by atoms with Crippen LogP contribution in [0.2, 0.25) is 0 Å². The SMILES string of the molecule is Cc1csc(N2CCC(Oc3cccc4c3ccn4C)CC2)n1. The van der Waals surface area contributed by atoms with E-state index in [4.69, 9.17) is 4.74 Å². The Kier molecular flexibility index (Phi) is 3.73. The highest BCUT2D eigenvalue weighted by Crippen LogP contribution is 2.30. The molecule has 0 saturated carbocycles. The van der Waals surface area contributed by atoms with Crippen molar-refractivity contribution < 1.29 is 4.74 Å². The third kappa shape index (κ3) is 2.81. The molecule has 0 unspecified atom stereocenters. The molecular formula is C18H21N3OS. The molecule has 1 fully saturated rings. The van der Waals surface area contributed by atoms with Crippen LogP contribution >= 0.6 is 11.3 Å². The molecule has 4 nitrogen and oxygen atoms in total. The van der Waals surface area contributed by atoms with Gasteiger partial charge in [0.1, 0.15) is 11.9 Å². The number of hydrogen-bond donors (Lipinski definition) is 0. The van der Waals surface area contributed by atoms with E-state index in [0.717, 1.165) is 42.5 Å². The van der Waals surface area contributed by atoms with Gasteiger partial charge in [-0.3, -0.25) is 0 Å². The van der Waals surface area contributed by atoms with Crippen LogP contribution in [0.5, 0.6) is 5.75 Å². The molecule has 1 aliphatic rings. The lowest BCUT2D eigenvalue weighted by Gasteiger charge is -2.32. The minimum atomic E-state index is 0.290. The maximum Gasteiger partial charge on any atom is 0.185 e. The monoisotopic (exact) mass is 327 g/mol. The third-order valence-corrected chi connectivity index (χ3v) is 5.52. The Bertz CT molecular complexity index is 815. The standard InChI is InChI=1S/C18H21N3OS/c1-13-12-23-18(19-13)21-10-6-14(7-11-21)22-17-5-3-4-16-15(17)8-9-20(16)2/h3-5,8-9,12,14H,6-7,10-11H2,1-2H3. The van der Waals surface area contributed by atoms with Crippen LogP contribution in [-0.2, 0) is 7.05 Å². The second-order valence-corrected chi connectivity index (χ2v) is 7.03. The highest BCUT2D eigenvalue weighted by molar-refractivity contribution is 7.13. The molecule has 5 heteroatoms. The fraction of sp³-hybridized carbons (Fsp3) is 0.389. The number of fused-ring (bicyclic) bond motifs is 1. The molecule has 1 saturated heterocycles. The summed E-state index contributed by atoms with van der Waals surface area (Å²) in [6, 6.07) is 8.43. The van der Waals surface area contributed by atoms with E-state index < -0.39 is 0 Å². The Morgan fingerprint density at radius 1 is 1.22 bits per heavy atom. The first-order valence-electron chi connectivity index (χ1n) is 8.08. The Labute approximate surface area is 140 Å². The summed E-state index contributed by atoms with van der Waals surface area (Å²) in [5, 5.41) is 4.47. The van der Waals surface area contributed by atoms with Gasteiger partial charge in [-0.05, 0) is 25.1 Å². The number of nitrogens with zero attached hydrogens (tertiary/aromatic N) is 3. The topological polar surface area (TPSA) is 30.3 Å². The van der Waals surface area contributed by atoms with Crippen molar-refractivity contribution in [3.05, 3.63) is 41.5 Å². The van der Waals surface area contributed by atoms with Crippen molar-refractivity contribution in [3.8, 4) is 5.75 Å². The molecular weight excluding hydrogens is 306 g/mol. The van der Waals surface area contributed by atoms with Gasteiger partial charge in [0.25, 0.3) is 0 Å². The largest absolute Gasteiger partial charge is 0.490 e. The smallest absolute Gasteiger partial charge is 0.185 e. The quantitative estimate of drug-likeness (QED) is 0.728. The molecule has 1 aromatic carbocycles. The first kappa shape index (κ1) is 14.6. The average Bonchev–Trinajstić information content (AvgIpc) is 3.16. The van der Waals surface area contributed by atoms with Crippen LogP contribution in [0.1, 0.15) is 18.5 Å². The van der Waals surface area contributed by atoms with Gasteiger partial charge in [0.2, 0.25) is 0 Å². The van der Waals surface area contributed by atoms with Crippen LogP contribution in [0.15, 0.2) is 35.8 Å². The molecule has 2 aromatic heterocycles. The molecule has 120 valence electrons. The average molecular weight is 327 g/mol. The van der Waals surface area contributed by atoms with Gasteiger partial charge < -0.3 is 14.2 Å². The molecule has 0 aliphatic carbocycles. The number of benzene rings is 1. The second kappa shape index (κ2) is 5.89. The van der Waals surface area contributed by atoms with Gasteiger partial charge >= 0.3 is 0 Å². The predicted molar refractivity (Wildman–Crippen MR) is 95.6 cm³/mol. The van der Waals surface area contributed by atoms with E-state index in [9.17, 15) is 0 Å². The lowest BCUT2D eigenvalue weighted by atomic mass is 10.1. The first-order chi connectivity index (χ1) is 11.2. The Balaban J connectivity index is 1.44. The van der Waals surface area contributed by atoms with Gasteiger partial charge in [0.05, 0.1) is 11.2 Å². The molecule has 3 heterocycles. The molecule has 0 spiro atoms. The fourth-order valence-corrected chi connectivity index (χ4v) is 4.07. The van der Waals surface area contributed by atoms with Gasteiger partial charge in [-0.1, -0.05) is 6.07 Å². The zero-order chi connectivity index (χ0) is 15.8. The van der Waals surface area contributed by atoms with Crippen LogP contribution in [0, 0.1) is 6.92 Å². The van der Waals surface area contributed by atoms with Crippen molar-refractivity contribution in [2.45, 2.75) is 25.9 Å². The lowest BCUT2D eigenvalue weighted by Crippen LogP contribution is -2.38. The number of thiazole rings is 1. The van der Waals surface area contributed by atoms with Crippen molar-refractivity contribution >= 4 is 27.4 Å². The van der Waals surface area contributed by atoms with Crippen molar-refractivity contribution in [1.82, 2.24) is 9.55 Å². The zero-order valence-corrected chi connectivity index (χ0v) is 14.3. The molecule has 4 rings (SSSR count). The van der Waals surface area contributed by atoms with Gasteiger partial charge in [-0.15, -0.1) is 11.3 Å². The van der Waals surface area contributed by atoms with Crippen LogP contribution < -0.4 is 9.64 Å². The Morgan fingerprint density at radius 2 is 2.04 bits per heavy atom. The van der Waals surface area contributed by atoms with Crippen molar-refractivity contribution in [2.75, 3.05) is 18.0 Å². The summed E-state index contributed by atoms with van der Waals surface area (Å²) in [4.78, 5) is 6.96. The zero-order valence-electron chi connectivity index (χ0n) is 13.5. The molecule has 1 aliphatic heterocycles. The van der Waals surface area contributed by atoms with E-state index in [1.54, 1.807) is 11.3 Å². The molecule has 3 aromatic rings. The van der Waals surface area contributed by atoms with E-state index in [0.29, 0.717) is 0 Å². The van der Waals surface area contributed by atoms with E-state index in [2.05, 4.69) is 64.3 Å². The Morgan fingerprint density at radius 3 is 2.78 bits per heavy atom. The number of hydrogen-bond acceptors (Lipinski definition) is 4. The van der Waals surface area contributed by atoms with Gasteiger partial charge in [-0.25, -0.2) is 4.98 Å². The minimum Gasteiger partial charge on any atom is -0.490 e. The highest BCUT2D eigenvalue weighted by Gasteiger charge is 2.23. The molecule has 0 atom stereocenters. The van der Waals surface area contributed by atoms with E-state index in [-0.39, 0.29) is 6.10 Å². The van der Waals surface area contributed by atoms with E-state index in [1.165, 1.54) is 10.9 Å². The molecule has 23 heavy (non-hydrogen) atoms. The summed E-state index contributed by atoms with van der Waals surface area (Å²) in [7, 11) is 2.07. The van der Waals surface area contributed by atoms with Crippen LogP contribution in [0.4, 0.5) is 5.13 Å². The van der Waals surface area contributed by atoms with Crippen LogP contribution in [0.3, 0.4) is 0 Å². The van der Waals surface area contributed by atoms with Crippen molar-refractivity contribution in [3.63, 3.8) is 0 Å². The number of piperidine rings is 1. The van der Waals surface area contributed by atoms with Gasteiger partial charge in [0.15, 0.2) is 5.13 Å². The summed E-state index contributed by atoms with van der Waals surface area (Å²) >= 11 is 1.74. The molecule has 0 radical (unpaired) electrons. The molecule has 0 amide bonds. The van der Waals surface area contributed by atoms with E-state index in [1.807, 2.05) is 0 Å². The Hall–Kier alpha value is -2.01. The van der Waals surface area contributed by atoms with E-state index >= 15 is 0 Å². The number of rotatable bonds is 3. The van der Waals surface area contributed by atoms with Crippen molar-refractivity contribution in [1.29, 1.82) is 0 Å². The summed E-state index contributed by atoms with van der Waals surface area (Å²) in [5.74, 6) is 1.01. The molecule has 0 N–H and O–H groups in total. The third-order valence-electron chi connectivity index (χ3n) is 4.50. The fourth-order valence-electron chi connectivity index (χ4n) is 3.21. The first-order valence-corrected chi connectivity index (χ1v) is 8.96. The number of ether oxygens (including phenoxy) is 1. The number of aromatic nitrogens is 2. The minimum absolute atomic E-state index is 0.290. The summed E-state index contributed by atoms with van der Waals surface area (Å²) < 4.78 is 8.45. The predicted octanol–water partition coefficient (Wildman–Crippen LogP) is 3.99. The van der Waals surface area contributed by atoms with Gasteiger partial charge in [0, 0.05) is 49.9 Å². The summed E-state index contributed by atoms with van der Waals surface area (Å²) in [6.07, 6.45) is 4.47. The lowest BCUT2D eigenvalue weighted by molar-refractivity contribution is 0.173. The summed E-state index contributed by atoms with van der Waals surface area (Å²) in [5.41, 5.74) is 2.33. The second-order valence-electron chi connectivity index (χ2n) is 6.19. The van der Waals surface area contributed by atoms with Crippen LogP contribution in [0.25, 0.3) is 10.9 Å². The maximum absolute atomic E-state index is 6.31. The normalized spacial score (nSPS) is 16.2.